The van der Waals surface area contributed by atoms with E-state index in [4.69, 9.17) is 0 Å². The molecule has 1 fully saturated rings. The fourth-order valence-electron chi connectivity index (χ4n) is 2.31. The molecule has 0 aliphatic carbocycles. The molecule has 0 unspecified atom stereocenters. The molecule has 0 saturated carbocycles. The number of amides is 1. The average molecular weight is 214 g/mol. The summed E-state index contributed by atoms with van der Waals surface area (Å²) in [4.78, 5) is 11.1. The first-order valence-corrected chi connectivity index (χ1v) is 5.65. The maximum atomic E-state index is 11.1. The van der Waals surface area contributed by atoms with E-state index in [1.54, 1.807) is 0 Å². The molecular weight excluding hydrogens is 200 g/mol. The van der Waals surface area contributed by atoms with Gasteiger partial charge >= 0.3 is 0 Å². The van der Waals surface area contributed by atoms with Gasteiger partial charge in [-0.25, -0.2) is 0 Å². The van der Waals surface area contributed by atoms with Crippen LogP contribution in [0.5, 0.6) is 0 Å². The number of nitrogens with one attached hydrogen (secondary N) is 1. The standard InChI is InChI=1S/C13H14N2O/c16-13-6-5-12(14-13)9-15-7-10-3-1-2-4-11(10)8-15/h1-4,7-8,12H,5-6,9H2,(H,14,16)/t12-/m0/s1. The predicted molar refractivity (Wildman–Crippen MR) is 63.1 cm³/mol. The van der Waals surface area contributed by atoms with Crippen molar-refractivity contribution >= 4 is 16.7 Å². The number of fused-ring (bicyclic) bond motifs is 1. The van der Waals surface area contributed by atoms with E-state index < -0.39 is 0 Å². The molecule has 16 heavy (non-hydrogen) atoms. The van der Waals surface area contributed by atoms with Gasteiger partial charge in [0.1, 0.15) is 0 Å². The third kappa shape index (κ3) is 1.69. The van der Waals surface area contributed by atoms with E-state index in [1.165, 1.54) is 10.8 Å². The van der Waals surface area contributed by atoms with E-state index in [0.717, 1.165) is 13.0 Å². The normalized spacial score (nSPS) is 20.2. The number of hydrogen-bond donors (Lipinski definition) is 1. The number of aromatic nitrogens is 1. The van der Waals surface area contributed by atoms with Crippen molar-refractivity contribution in [1.29, 1.82) is 0 Å². The topological polar surface area (TPSA) is 34.0 Å². The van der Waals surface area contributed by atoms with Gasteiger partial charge in [0, 0.05) is 31.4 Å². The molecule has 2 heterocycles. The summed E-state index contributed by atoms with van der Waals surface area (Å²) in [6.45, 7) is 0.875. The molecule has 3 nitrogen and oxygen atoms in total. The van der Waals surface area contributed by atoms with Crippen molar-refractivity contribution in [3.05, 3.63) is 36.7 Å². The number of rotatable bonds is 2. The summed E-state index contributed by atoms with van der Waals surface area (Å²) in [5.74, 6) is 0.182. The Hall–Kier alpha value is -1.77. The maximum absolute atomic E-state index is 11.1. The van der Waals surface area contributed by atoms with Crippen molar-refractivity contribution in [3.63, 3.8) is 0 Å². The fraction of sp³-hybridized carbons (Fsp3) is 0.308. The molecule has 1 aromatic heterocycles. The largest absolute Gasteiger partial charge is 0.352 e. The van der Waals surface area contributed by atoms with E-state index in [1.807, 2.05) is 12.1 Å². The van der Waals surface area contributed by atoms with Crippen molar-refractivity contribution in [1.82, 2.24) is 9.88 Å². The summed E-state index contributed by atoms with van der Waals surface area (Å²) < 4.78 is 2.17. The Morgan fingerprint density at radius 3 is 2.50 bits per heavy atom. The SMILES string of the molecule is O=C1CC[C@@H](Cn2cc3ccccc3c2)N1. The molecule has 1 aliphatic heterocycles. The molecule has 1 amide bonds. The van der Waals surface area contributed by atoms with E-state index in [0.29, 0.717) is 12.5 Å². The highest BCUT2D eigenvalue weighted by Gasteiger charge is 2.20. The van der Waals surface area contributed by atoms with Gasteiger partial charge in [0.25, 0.3) is 0 Å². The van der Waals surface area contributed by atoms with Gasteiger partial charge in [-0.2, -0.15) is 0 Å². The Balaban J connectivity index is 1.81. The van der Waals surface area contributed by atoms with E-state index in [9.17, 15) is 4.79 Å². The van der Waals surface area contributed by atoms with Crippen molar-refractivity contribution in [3.8, 4) is 0 Å². The summed E-state index contributed by atoms with van der Waals surface area (Å²) >= 11 is 0. The third-order valence-corrected chi connectivity index (χ3v) is 3.12. The first kappa shape index (κ1) is 9.46. The second-order valence-electron chi connectivity index (χ2n) is 4.39. The van der Waals surface area contributed by atoms with Crippen molar-refractivity contribution < 1.29 is 4.79 Å². The summed E-state index contributed by atoms with van der Waals surface area (Å²) in [6.07, 6.45) is 5.90. The Labute approximate surface area is 94.1 Å². The molecule has 3 rings (SSSR count). The van der Waals surface area contributed by atoms with Crippen LogP contribution in [0.25, 0.3) is 10.8 Å². The van der Waals surface area contributed by atoms with Crippen LogP contribution in [0.15, 0.2) is 36.7 Å². The number of nitrogens with zero attached hydrogens (tertiary/aromatic N) is 1. The fourth-order valence-corrected chi connectivity index (χ4v) is 2.31. The molecule has 0 bridgehead atoms. The average Bonchev–Trinajstić information content (AvgIpc) is 2.84. The molecule has 0 spiro atoms. The lowest BCUT2D eigenvalue weighted by Gasteiger charge is -2.10. The maximum Gasteiger partial charge on any atom is 0.220 e. The lowest BCUT2D eigenvalue weighted by atomic mass is 10.2. The van der Waals surface area contributed by atoms with Crippen LogP contribution in [0.4, 0.5) is 0 Å². The molecule has 1 N–H and O–H groups in total. The molecular formula is C13H14N2O. The molecule has 1 aliphatic rings. The molecule has 3 heteroatoms. The zero-order chi connectivity index (χ0) is 11.0. The quantitative estimate of drug-likeness (QED) is 0.814. The van der Waals surface area contributed by atoms with Gasteiger partial charge < -0.3 is 9.88 Å². The highest BCUT2D eigenvalue weighted by molar-refractivity contribution is 5.82. The summed E-state index contributed by atoms with van der Waals surface area (Å²) in [5, 5.41) is 5.50. The van der Waals surface area contributed by atoms with Gasteiger partial charge in [-0.15, -0.1) is 0 Å². The smallest absolute Gasteiger partial charge is 0.220 e. The minimum atomic E-state index is 0.182. The summed E-state index contributed by atoms with van der Waals surface area (Å²) in [7, 11) is 0. The summed E-state index contributed by atoms with van der Waals surface area (Å²) in [5.41, 5.74) is 0. The molecule has 0 radical (unpaired) electrons. The second-order valence-corrected chi connectivity index (χ2v) is 4.39. The highest BCUT2D eigenvalue weighted by Crippen LogP contribution is 2.16. The van der Waals surface area contributed by atoms with Crippen LogP contribution < -0.4 is 5.32 Å². The Bertz CT molecular complexity index is 496. The first-order chi connectivity index (χ1) is 7.81. The Morgan fingerprint density at radius 2 is 1.94 bits per heavy atom. The zero-order valence-electron chi connectivity index (χ0n) is 9.02. The second kappa shape index (κ2) is 3.67. The molecule has 1 saturated heterocycles. The number of benzene rings is 1. The zero-order valence-corrected chi connectivity index (χ0v) is 9.02. The number of hydrogen-bond acceptors (Lipinski definition) is 1. The minimum absolute atomic E-state index is 0.182. The van der Waals surface area contributed by atoms with Crippen LogP contribution in [0.3, 0.4) is 0 Å². The Kier molecular flexibility index (Phi) is 2.17. The van der Waals surface area contributed by atoms with E-state index in [-0.39, 0.29) is 5.91 Å². The lowest BCUT2D eigenvalue weighted by Crippen LogP contribution is -2.29. The monoisotopic (exact) mass is 214 g/mol. The predicted octanol–water partition coefficient (Wildman–Crippen LogP) is 1.92. The number of carbonyl (C=O) groups is 1. The molecule has 2 aromatic rings. The van der Waals surface area contributed by atoms with Crippen LogP contribution in [0, 0.1) is 0 Å². The van der Waals surface area contributed by atoms with Crippen molar-refractivity contribution in [2.75, 3.05) is 0 Å². The summed E-state index contributed by atoms with van der Waals surface area (Å²) in [6, 6.07) is 8.61. The van der Waals surface area contributed by atoms with Crippen LogP contribution >= 0.6 is 0 Å². The molecule has 1 atom stereocenters. The lowest BCUT2D eigenvalue weighted by molar-refractivity contribution is -0.119. The van der Waals surface area contributed by atoms with Gasteiger partial charge in [0.2, 0.25) is 5.91 Å². The van der Waals surface area contributed by atoms with Gasteiger partial charge in [0.05, 0.1) is 0 Å². The van der Waals surface area contributed by atoms with E-state index in [2.05, 4.69) is 34.4 Å². The van der Waals surface area contributed by atoms with Gasteiger partial charge in [-0.1, -0.05) is 24.3 Å². The van der Waals surface area contributed by atoms with Crippen molar-refractivity contribution in [2.24, 2.45) is 0 Å². The molecule has 82 valence electrons. The molecule has 1 aromatic carbocycles. The van der Waals surface area contributed by atoms with Gasteiger partial charge in [-0.3, -0.25) is 4.79 Å². The van der Waals surface area contributed by atoms with Crippen LogP contribution in [0.1, 0.15) is 12.8 Å². The number of carbonyl (C=O) groups excluding carboxylic acids is 1. The van der Waals surface area contributed by atoms with Crippen LogP contribution in [-0.2, 0) is 11.3 Å². The highest BCUT2D eigenvalue weighted by atomic mass is 16.1. The minimum Gasteiger partial charge on any atom is -0.352 e. The first-order valence-electron chi connectivity index (χ1n) is 5.65. The Morgan fingerprint density at radius 1 is 1.25 bits per heavy atom. The van der Waals surface area contributed by atoms with Crippen molar-refractivity contribution in [2.45, 2.75) is 25.4 Å². The van der Waals surface area contributed by atoms with Gasteiger partial charge in [-0.05, 0) is 17.2 Å². The van der Waals surface area contributed by atoms with Crippen LogP contribution in [0.2, 0.25) is 0 Å². The van der Waals surface area contributed by atoms with Crippen LogP contribution in [-0.4, -0.2) is 16.5 Å². The van der Waals surface area contributed by atoms with E-state index >= 15 is 0 Å². The van der Waals surface area contributed by atoms with Gasteiger partial charge in [0.15, 0.2) is 0 Å². The third-order valence-electron chi connectivity index (χ3n) is 3.12.